The minimum Gasteiger partial charge on any atom is -0.497 e. The molecule has 84 valence electrons. The zero-order chi connectivity index (χ0) is 11.4. The van der Waals surface area contributed by atoms with E-state index in [4.69, 9.17) is 10.00 Å². The summed E-state index contributed by atoms with van der Waals surface area (Å²) in [6, 6.07) is 10.4. The molecule has 1 atom stereocenters. The van der Waals surface area contributed by atoms with Gasteiger partial charge in [0.05, 0.1) is 19.1 Å². The smallest absolute Gasteiger partial charge is 0.119 e. The molecule has 3 nitrogen and oxygen atoms in total. The van der Waals surface area contributed by atoms with Gasteiger partial charge in [-0.1, -0.05) is 12.1 Å². The van der Waals surface area contributed by atoms with Crippen LogP contribution in [0, 0.1) is 17.2 Å². The van der Waals surface area contributed by atoms with Gasteiger partial charge in [-0.05, 0) is 30.7 Å². The number of methoxy groups -OCH3 is 1. The van der Waals surface area contributed by atoms with Crippen LogP contribution in [0.5, 0.6) is 5.75 Å². The van der Waals surface area contributed by atoms with Gasteiger partial charge >= 0.3 is 0 Å². The number of rotatable bonds is 3. The average Bonchev–Trinajstić information content (AvgIpc) is 2.77. The van der Waals surface area contributed by atoms with Gasteiger partial charge in [-0.2, -0.15) is 5.26 Å². The largest absolute Gasteiger partial charge is 0.497 e. The first kappa shape index (κ1) is 11.0. The van der Waals surface area contributed by atoms with Gasteiger partial charge in [-0.25, -0.2) is 0 Å². The van der Waals surface area contributed by atoms with E-state index in [1.54, 1.807) is 7.11 Å². The monoisotopic (exact) mass is 216 g/mol. The fourth-order valence-electron chi connectivity index (χ4n) is 2.11. The molecule has 0 bridgehead atoms. The molecule has 1 heterocycles. The highest BCUT2D eigenvalue weighted by molar-refractivity contribution is 5.28. The highest BCUT2D eigenvalue weighted by Crippen LogP contribution is 2.19. The third kappa shape index (κ3) is 2.53. The molecule has 1 saturated heterocycles. The molecule has 3 heteroatoms. The zero-order valence-electron chi connectivity index (χ0n) is 9.52. The third-order valence-electron chi connectivity index (χ3n) is 3.00. The number of nitrogens with zero attached hydrogens (tertiary/aromatic N) is 2. The molecule has 0 aliphatic carbocycles. The van der Waals surface area contributed by atoms with Crippen molar-refractivity contribution in [2.45, 2.75) is 13.0 Å². The van der Waals surface area contributed by atoms with E-state index in [2.05, 4.69) is 23.1 Å². The van der Waals surface area contributed by atoms with Crippen molar-refractivity contribution < 1.29 is 4.74 Å². The van der Waals surface area contributed by atoms with Crippen LogP contribution in [0.15, 0.2) is 24.3 Å². The van der Waals surface area contributed by atoms with Crippen LogP contribution in [0.4, 0.5) is 0 Å². The van der Waals surface area contributed by atoms with E-state index in [9.17, 15) is 0 Å². The van der Waals surface area contributed by atoms with E-state index in [-0.39, 0.29) is 5.92 Å². The molecular weight excluding hydrogens is 200 g/mol. The first-order chi connectivity index (χ1) is 7.81. The molecule has 1 aromatic carbocycles. The summed E-state index contributed by atoms with van der Waals surface area (Å²) in [5.41, 5.74) is 1.25. The minimum absolute atomic E-state index is 0.214. The molecule has 1 fully saturated rings. The summed E-state index contributed by atoms with van der Waals surface area (Å²) in [7, 11) is 1.68. The SMILES string of the molecule is COc1cccc(CN2CCC(C#N)C2)c1. The highest BCUT2D eigenvalue weighted by Gasteiger charge is 2.21. The normalized spacial score (nSPS) is 20.6. The predicted molar refractivity (Wildman–Crippen MR) is 62.0 cm³/mol. The van der Waals surface area contributed by atoms with Gasteiger partial charge in [0.1, 0.15) is 5.75 Å². The van der Waals surface area contributed by atoms with Crippen molar-refractivity contribution in [2.24, 2.45) is 5.92 Å². The number of hydrogen-bond donors (Lipinski definition) is 0. The molecule has 0 N–H and O–H groups in total. The Morgan fingerprint density at radius 2 is 2.44 bits per heavy atom. The molecule has 1 aliphatic heterocycles. The van der Waals surface area contributed by atoms with E-state index in [1.165, 1.54) is 5.56 Å². The maximum Gasteiger partial charge on any atom is 0.119 e. The Hall–Kier alpha value is -1.53. The Labute approximate surface area is 96.2 Å². The second-order valence-electron chi connectivity index (χ2n) is 4.20. The first-order valence-corrected chi connectivity index (χ1v) is 5.56. The van der Waals surface area contributed by atoms with Crippen molar-refractivity contribution in [2.75, 3.05) is 20.2 Å². The van der Waals surface area contributed by atoms with Crippen LogP contribution < -0.4 is 4.74 Å². The molecular formula is C13H16N2O. The van der Waals surface area contributed by atoms with E-state index >= 15 is 0 Å². The van der Waals surface area contributed by atoms with Gasteiger partial charge in [0.15, 0.2) is 0 Å². The molecule has 0 radical (unpaired) electrons. The molecule has 0 spiro atoms. The summed E-state index contributed by atoms with van der Waals surface area (Å²) in [4.78, 5) is 2.32. The molecule has 0 amide bonds. The summed E-state index contributed by atoms with van der Waals surface area (Å²) in [6.07, 6.45) is 1.00. The number of likely N-dealkylation sites (tertiary alicyclic amines) is 1. The van der Waals surface area contributed by atoms with Crippen LogP contribution >= 0.6 is 0 Å². The van der Waals surface area contributed by atoms with Crippen LogP contribution in [0.25, 0.3) is 0 Å². The second-order valence-corrected chi connectivity index (χ2v) is 4.20. The van der Waals surface area contributed by atoms with Crippen molar-refractivity contribution in [3.8, 4) is 11.8 Å². The third-order valence-corrected chi connectivity index (χ3v) is 3.00. The van der Waals surface area contributed by atoms with Crippen molar-refractivity contribution >= 4 is 0 Å². The summed E-state index contributed by atoms with van der Waals surface area (Å²) in [5, 5.41) is 8.84. The molecule has 0 aromatic heterocycles. The van der Waals surface area contributed by atoms with Crippen molar-refractivity contribution in [1.29, 1.82) is 5.26 Å². The summed E-state index contributed by atoms with van der Waals surface area (Å²) < 4.78 is 5.19. The number of hydrogen-bond acceptors (Lipinski definition) is 3. The van der Waals surface area contributed by atoms with Crippen molar-refractivity contribution in [1.82, 2.24) is 4.90 Å². The standard InChI is InChI=1S/C13H16N2O/c1-16-13-4-2-3-11(7-13)9-15-6-5-12(8-14)10-15/h2-4,7,12H,5-6,9-10H2,1H3. The van der Waals surface area contributed by atoms with E-state index in [1.807, 2.05) is 12.1 Å². The first-order valence-electron chi connectivity index (χ1n) is 5.56. The van der Waals surface area contributed by atoms with Gasteiger partial charge in [0.25, 0.3) is 0 Å². The second kappa shape index (κ2) is 5.00. The van der Waals surface area contributed by atoms with Gasteiger partial charge in [0, 0.05) is 13.1 Å². The average molecular weight is 216 g/mol. The molecule has 1 unspecified atom stereocenters. The van der Waals surface area contributed by atoms with Gasteiger partial charge in [-0.3, -0.25) is 4.90 Å². The molecule has 16 heavy (non-hydrogen) atoms. The van der Waals surface area contributed by atoms with Crippen molar-refractivity contribution in [3.05, 3.63) is 29.8 Å². The molecule has 2 rings (SSSR count). The van der Waals surface area contributed by atoms with E-state index in [0.717, 1.165) is 31.8 Å². The van der Waals surface area contributed by atoms with Crippen molar-refractivity contribution in [3.63, 3.8) is 0 Å². The maximum absolute atomic E-state index is 8.84. The summed E-state index contributed by atoms with van der Waals surface area (Å²) >= 11 is 0. The lowest BCUT2D eigenvalue weighted by molar-refractivity contribution is 0.324. The predicted octanol–water partition coefficient (Wildman–Crippen LogP) is 2.04. The lowest BCUT2D eigenvalue weighted by Crippen LogP contribution is -2.19. The van der Waals surface area contributed by atoms with Crippen LogP contribution in [-0.2, 0) is 6.54 Å². The topological polar surface area (TPSA) is 36.3 Å². The number of nitriles is 1. The van der Waals surface area contributed by atoms with Crippen LogP contribution in [0.1, 0.15) is 12.0 Å². The molecule has 1 aromatic rings. The van der Waals surface area contributed by atoms with E-state index in [0.29, 0.717) is 0 Å². The quantitative estimate of drug-likeness (QED) is 0.775. The van der Waals surface area contributed by atoms with Gasteiger partial charge in [-0.15, -0.1) is 0 Å². The molecule has 1 aliphatic rings. The fourth-order valence-corrected chi connectivity index (χ4v) is 2.11. The lowest BCUT2D eigenvalue weighted by Gasteiger charge is -2.15. The van der Waals surface area contributed by atoms with Crippen LogP contribution in [0.3, 0.4) is 0 Å². The highest BCUT2D eigenvalue weighted by atomic mass is 16.5. The van der Waals surface area contributed by atoms with Crippen LogP contribution in [-0.4, -0.2) is 25.1 Å². The van der Waals surface area contributed by atoms with E-state index < -0.39 is 0 Å². The Bertz CT molecular complexity index is 397. The van der Waals surface area contributed by atoms with Crippen LogP contribution in [0.2, 0.25) is 0 Å². The maximum atomic E-state index is 8.84. The minimum atomic E-state index is 0.214. The zero-order valence-corrected chi connectivity index (χ0v) is 9.52. The summed E-state index contributed by atoms with van der Waals surface area (Å²) in [6.45, 7) is 2.83. The van der Waals surface area contributed by atoms with Gasteiger partial charge in [0.2, 0.25) is 0 Å². The Morgan fingerprint density at radius 3 is 3.12 bits per heavy atom. The number of benzene rings is 1. The summed E-state index contributed by atoms with van der Waals surface area (Å²) in [5.74, 6) is 1.11. The number of ether oxygens (including phenoxy) is 1. The fraction of sp³-hybridized carbons (Fsp3) is 0.462. The van der Waals surface area contributed by atoms with Gasteiger partial charge < -0.3 is 4.74 Å². The Morgan fingerprint density at radius 1 is 1.56 bits per heavy atom. The Kier molecular flexibility index (Phi) is 3.43. The Balaban J connectivity index is 1.97. The molecule has 0 saturated carbocycles. The lowest BCUT2D eigenvalue weighted by atomic mass is 10.1.